The molecular weight excluding hydrogens is 258 g/mol. The van der Waals surface area contributed by atoms with Crippen molar-refractivity contribution in [1.29, 1.82) is 0 Å². The second kappa shape index (κ2) is 8.79. The number of benzene rings is 1. The molecule has 0 aliphatic rings. The summed E-state index contributed by atoms with van der Waals surface area (Å²) in [5.41, 5.74) is 2.00. The van der Waals surface area contributed by atoms with Crippen LogP contribution in [0, 0.1) is 6.92 Å². The zero-order chi connectivity index (χ0) is 15.0. The molecule has 0 aromatic heterocycles. The standard InChI is InChI=1S/C15H25NO4/c1-11-7-13(5-6-15(11)19-4)16-8-14(17)10-20-12(2)9-18-3/h5-7,12,14,16-17H,8-10H2,1-4H3. The fourth-order valence-electron chi connectivity index (χ4n) is 1.84. The summed E-state index contributed by atoms with van der Waals surface area (Å²) in [5, 5.41) is 13.0. The Labute approximate surface area is 120 Å². The third kappa shape index (κ3) is 5.77. The Morgan fingerprint density at radius 3 is 2.60 bits per heavy atom. The summed E-state index contributed by atoms with van der Waals surface area (Å²) >= 11 is 0. The van der Waals surface area contributed by atoms with E-state index in [1.165, 1.54) is 0 Å². The number of methoxy groups -OCH3 is 2. The van der Waals surface area contributed by atoms with Crippen molar-refractivity contribution in [2.75, 3.05) is 39.3 Å². The van der Waals surface area contributed by atoms with E-state index in [1.807, 2.05) is 32.0 Å². The van der Waals surface area contributed by atoms with Gasteiger partial charge in [-0.25, -0.2) is 0 Å². The maximum Gasteiger partial charge on any atom is 0.121 e. The highest BCUT2D eigenvalue weighted by Gasteiger charge is 2.08. The first-order valence-corrected chi connectivity index (χ1v) is 6.74. The normalized spacial score (nSPS) is 13.8. The average molecular weight is 283 g/mol. The lowest BCUT2D eigenvalue weighted by Gasteiger charge is -2.17. The van der Waals surface area contributed by atoms with E-state index in [2.05, 4.69) is 5.32 Å². The minimum absolute atomic E-state index is 0.0159. The summed E-state index contributed by atoms with van der Waals surface area (Å²) in [6.45, 7) is 5.14. The van der Waals surface area contributed by atoms with Crippen molar-refractivity contribution in [3.8, 4) is 5.75 Å². The summed E-state index contributed by atoms with van der Waals surface area (Å²) in [6, 6.07) is 5.81. The molecule has 114 valence electrons. The van der Waals surface area contributed by atoms with Gasteiger partial charge in [0.25, 0.3) is 0 Å². The van der Waals surface area contributed by atoms with Crippen molar-refractivity contribution in [1.82, 2.24) is 0 Å². The molecule has 0 aliphatic carbocycles. The van der Waals surface area contributed by atoms with Gasteiger partial charge in [0, 0.05) is 19.3 Å². The number of ether oxygens (including phenoxy) is 3. The van der Waals surface area contributed by atoms with Gasteiger partial charge in [0.05, 0.1) is 32.5 Å². The van der Waals surface area contributed by atoms with Gasteiger partial charge in [0.2, 0.25) is 0 Å². The highest BCUT2D eigenvalue weighted by molar-refractivity contribution is 5.50. The lowest BCUT2D eigenvalue weighted by atomic mass is 10.2. The quantitative estimate of drug-likeness (QED) is 0.724. The SMILES string of the molecule is COCC(C)OCC(O)CNc1ccc(OC)c(C)c1. The first kappa shape index (κ1) is 16.8. The first-order chi connectivity index (χ1) is 9.56. The molecule has 0 amide bonds. The number of aliphatic hydroxyl groups is 1. The Morgan fingerprint density at radius 2 is 2.00 bits per heavy atom. The fraction of sp³-hybridized carbons (Fsp3) is 0.600. The monoisotopic (exact) mass is 283 g/mol. The van der Waals surface area contributed by atoms with Gasteiger partial charge < -0.3 is 24.6 Å². The number of aliphatic hydroxyl groups excluding tert-OH is 1. The molecule has 20 heavy (non-hydrogen) atoms. The number of aryl methyl sites for hydroxylation is 1. The van der Waals surface area contributed by atoms with E-state index in [0.717, 1.165) is 17.0 Å². The van der Waals surface area contributed by atoms with E-state index < -0.39 is 6.10 Å². The first-order valence-electron chi connectivity index (χ1n) is 6.74. The van der Waals surface area contributed by atoms with Crippen molar-refractivity contribution in [2.24, 2.45) is 0 Å². The minimum atomic E-state index is -0.559. The molecule has 2 unspecified atom stereocenters. The van der Waals surface area contributed by atoms with Crippen LogP contribution in [-0.4, -0.2) is 51.3 Å². The topological polar surface area (TPSA) is 60.0 Å². The Morgan fingerprint density at radius 1 is 1.25 bits per heavy atom. The van der Waals surface area contributed by atoms with Crippen LogP contribution < -0.4 is 10.1 Å². The minimum Gasteiger partial charge on any atom is -0.496 e. The van der Waals surface area contributed by atoms with Crippen molar-refractivity contribution in [3.63, 3.8) is 0 Å². The molecule has 0 fully saturated rings. The van der Waals surface area contributed by atoms with Crippen LogP contribution in [0.15, 0.2) is 18.2 Å². The number of nitrogens with one attached hydrogen (secondary N) is 1. The molecule has 0 aliphatic heterocycles. The van der Waals surface area contributed by atoms with E-state index in [4.69, 9.17) is 14.2 Å². The molecule has 1 rings (SSSR count). The zero-order valence-corrected chi connectivity index (χ0v) is 12.7. The summed E-state index contributed by atoms with van der Waals surface area (Å²) in [7, 11) is 3.28. The zero-order valence-electron chi connectivity index (χ0n) is 12.7. The van der Waals surface area contributed by atoms with E-state index >= 15 is 0 Å². The van der Waals surface area contributed by atoms with Crippen LogP contribution in [0.25, 0.3) is 0 Å². The lowest BCUT2D eigenvalue weighted by molar-refractivity contribution is -0.0282. The van der Waals surface area contributed by atoms with Crippen LogP contribution in [0.1, 0.15) is 12.5 Å². The summed E-state index contributed by atoms with van der Waals surface area (Å²) in [4.78, 5) is 0. The van der Waals surface area contributed by atoms with Gasteiger partial charge >= 0.3 is 0 Å². The van der Waals surface area contributed by atoms with Gasteiger partial charge in [0.15, 0.2) is 0 Å². The van der Waals surface area contributed by atoms with Crippen molar-refractivity contribution in [3.05, 3.63) is 23.8 Å². The van der Waals surface area contributed by atoms with Crippen LogP contribution in [0.4, 0.5) is 5.69 Å². The van der Waals surface area contributed by atoms with E-state index in [0.29, 0.717) is 13.2 Å². The maximum absolute atomic E-state index is 9.84. The largest absolute Gasteiger partial charge is 0.496 e. The average Bonchev–Trinajstić information content (AvgIpc) is 2.43. The Bertz CT molecular complexity index is 397. The number of hydrogen-bond acceptors (Lipinski definition) is 5. The van der Waals surface area contributed by atoms with Crippen molar-refractivity contribution < 1.29 is 19.3 Å². The van der Waals surface area contributed by atoms with Crippen LogP contribution in [-0.2, 0) is 9.47 Å². The van der Waals surface area contributed by atoms with Gasteiger partial charge in [-0.1, -0.05) is 0 Å². The lowest BCUT2D eigenvalue weighted by Crippen LogP contribution is -2.28. The molecule has 1 aromatic rings. The van der Waals surface area contributed by atoms with Gasteiger partial charge in [0.1, 0.15) is 5.75 Å². The van der Waals surface area contributed by atoms with E-state index in [9.17, 15) is 5.11 Å². The molecule has 1 aromatic carbocycles. The molecule has 0 heterocycles. The van der Waals surface area contributed by atoms with Crippen LogP contribution in [0.3, 0.4) is 0 Å². The predicted octanol–water partition coefficient (Wildman–Crippen LogP) is 1.83. The summed E-state index contributed by atoms with van der Waals surface area (Å²) in [5.74, 6) is 0.854. The molecular formula is C15H25NO4. The summed E-state index contributed by atoms with van der Waals surface area (Å²) < 4.78 is 15.6. The van der Waals surface area contributed by atoms with Crippen molar-refractivity contribution in [2.45, 2.75) is 26.1 Å². The van der Waals surface area contributed by atoms with Crippen LogP contribution >= 0.6 is 0 Å². The van der Waals surface area contributed by atoms with Crippen LogP contribution in [0.2, 0.25) is 0 Å². The number of anilines is 1. The Hall–Kier alpha value is -1.30. The predicted molar refractivity (Wildman–Crippen MR) is 79.5 cm³/mol. The van der Waals surface area contributed by atoms with Gasteiger partial charge in [-0.3, -0.25) is 0 Å². The molecule has 0 spiro atoms. The molecule has 0 saturated carbocycles. The Balaban J connectivity index is 2.33. The second-order valence-corrected chi connectivity index (χ2v) is 4.82. The number of hydrogen-bond donors (Lipinski definition) is 2. The number of rotatable bonds is 9. The third-order valence-corrected chi connectivity index (χ3v) is 2.91. The summed E-state index contributed by atoms with van der Waals surface area (Å²) in [6.07, 6.45) is -0.574. The molecule has 5 heteroatoms. The molecule has 2 N–H and O–H groups in total. The molecule has 0 saturated heterocycles. The van der Waals surface area contributed by atoms with Crippen molar-refractivity contribution >= 4 is 5.69 Å². The van der Waals surface area contributed by atoms with E-state index in [1.54, 1.807) is 14.2 Å². The van der Waals surface area contributed by atoms with E-state index in [-0.39, 0.29) is 12.7 Å². The van der Waals surface area contributed by atoms with Gasteiger partial charge in [-0.05, 0) is 37.6 Å². The highest BCUT2D eigenvalue weighted by atomic mass is 16.5. The maximum atomic E-state index is 9.84. The molecule has 5 nitrogen and oxygen atoms in total. The molecule has 0 radical (unpaired) electrons. The van der Waals surface area contributed by atoms with Gasteiger partial charge in [-0.2, -0.15) is 0 Å². The highest BCUT2D eigenvalue weighted by Crippen LogP contribution is 2.21. The van der Waals surface area contributed by atoms with Crippen LogP contribution in [0.5, 0.6) is 5.75 Å². The molecule has 0 bridgehead atoms. The second-order valence-electron chi connectivity index (χ2n) is 4.82. The van der Waals surface area contributed by atoms with Gasteiger partial charge in [-0.15, -0.1) is 0 Å². The third-order valence-electron chi connectivity index (χ3n) is 2.91. The molecule has 2 atom stereocenters. The fourth-order valence-corrected chi connectivity index (χ4v) is 1.84. The smallest absolute Gasteiger partial charge is 0.121 e. The Kier molecular flexibility index (Phi) is 7.36.